The number of esters is 1. The van der Waals surface area contributed by atoms with Gasteiger partial charge >= 0.3 is 5.97 Å². The van der Waals surface area contributed by atoms with Crippen LogP contribution in [0, 0.1) is 6.92 Å². The molecule has 3 aromatic carbocycles. The molecule has 1 heterocycles. The van der Waals surface area contributed by atoms with Crippen LogP contribution in [0.3, 0.4) is 0 Å². The van der Waals surface area contributed by atoms with Gasteiger partial charge in [0.05, 0.1) is 12.2 Å². The van der Waals surface area contributed by atoms with Crippen LogP contribution in [0.4, 0.5) is 28.4 Å². The van der Waals surface area contributed by atoms with Gasteiger partial charge in [-0.3, -0.25) is 0 Å². The molecule has 1 fully saturated rings. The van der Waals surface area contributed by atoms with E-state index in [0.29, 0.717) is 17.9 Å². The minimum absolute atomic E-state index is 0.308. The molecule has 3 aromatic rings. The molecule has 0 aliphatic carbocycles. The zero-order chi connectivity index (χ0) is 24.2. The summed E-state index contributed by atoms with van der Waals surface area (Å²) in [4.78, 5) is 13.5. The highest BCUT2D eigenvalue weighted by atomic mass is 16.5. The molecule has 7 heteroatoms. The van der Waals surface area contributed by atoms with Crippen molar-refractivity contribution in [3.05, 3.63) is 77.9 Å². The van der Waals surface area contributed by atoms with E-state index in [9.17, 15) is 4.79 Å². The lowest BCUT2D eigenvalue weighted by Gasteiger charge is -2.17. The fourth-order valence-corrected chi connectivity index (χ4v) is 3.19. The number of hydrogen-bond acceptors (Lipinski definition) is 7. The molecule has 0 spiro atoms. The van der Waals surface area contributed by atoms with Crippen molar-refractivity contribution in [2.24, 2.45) is 0 Å². The summed E-state index contributed by atoms with van der Waals surface area (Å²) in [6.45, 7) is 6.50. The predicted molar refractivity (Wildman–Crippen MR) is 139 cm³/mol. The van der Waals surface area contributed by atoms with E-state index in [0.717, 1.165) is 22.6 Å². The minimum atomic E-state index is -0.308. The van der Waals surface area contributed by atoms with Crippen LogP contribution in [0.2, 0.25) is 0 Å². The van der Waals surface area contributed by atoms with E-state index in [1.54, 1.807) is 37.3 Å². The molecular weight excluding hydrogens is 414 g/mol. The van der Waals surface area contributed by atoms with Gasteiger partial charge in [0, 0.05) is 41.5 Å². The van der Waals surface area contributed by atoms with E-state index >= 15 is 0 Å². The van der Waals surface area contributed by atoms with Gasteiger partial charge in [-0.05, 0) is 99.0 Å². The second-order valence-electron chi connectivity index (χ2n) is 7.74. The SMILES string of the molecule is CCOC(=O)c1ccc(N)cc1.Cc1cc(N)ccc1N.Nc1ccc(N2CCCC2)cc1. The lowest BCUT2D eigenvalue weighted by atomic mass is 10.2. The van der Waals surface area contributed by atoms with Crippen molar-refractivity contribution >= 4 is 34.4 Å². The largest absolute Gasteiger partial charge is 0.462 e. The van der Waals surface area contributed by atoms with Crippen molar-refractivity contribution < 1.29 is 9.53 Å². The molecular formula is C26H35N5O2. The molecule has 0 radical (unpaired) electrons. The summed E-state index contributed by atoms with van der Waals surface area (Å²) in [6, 6.07) is 20.2. The summed E-state index contributed by atoms with van der Waals surface area (Å²) in [5.41, 5.74) is 28.0. The Morgan fingerprint density at radius 2 is 1.33 bits per heavy atom. The lowest BCUT2D eigenvalue weighted by molar-refractivity contribution is 0.0526. The number of carbonyl (C=O) groups excluding carboxylic acids is 1. The van der Waals surface area contributed by atoms with Crippen LogP contribution in [0.1, 0.15) is 35.7 Å². The van der Waals surface area contributed by atoms with E-state index in [1.807, 2.05) is 31.2 Å². The molecule has 0 saturated carbocycles. The van der Waals surface area contributed by atoms with Crippen LogP contribution in [-0.4, -0.2) is 25.7 Å². The number of nitrogen functional groups attached to an aromatic ring is 4. The Labute approximate surface area is 196 Å². The predicted octanol–water partition coefficient (Wildman–Crippen LogP) is 4.47. The normalized spacial score (nSPS) is 12.1. The third-order valence-corrected chi connectivity index (χ3v) is 5.08. The smallest absolute Gasteiger partial charge is 0.338 e. The molecule has 0 bridgehead atoms. The topological polar surface area (TPSA) is 134 Å². The van der Waals surface area contributed by atoms with Gasteiger partial charge in [0.2, 0.25) is 0 Å². The maximum Gasteiger partial charge on any atom is 0.338 e. The third kappa shape index (κ3) is 8.65. The van der Waals surface area contributed by atoms with E-state index in [1.165, 1.54) is 31.6 Å². The van der Waals surface area contributed by atoms with Crippen molar-refractivity contribution in [2.75, 3.05) is 47.5 Å². The summed E-state index contributed by atoms with van der Waals surface area (Å²) in [5, 5.41) is 0. The molecule has 1 aliphatic heterocycles. The van der Waals surface area contributed by atoms with Crippen molar-refractivity contribution in [3.63, 3.8) is 0 Å². The first-order valence-corrected chi connectivity index (χ1v) is 11.0. The molecule has 33 heavy (non-hydrogen) atoms. The number of hydrogen-bond donors (Lipinski definition) is 4. The van der Waals surface area contributed by atoms with Gasteiger partial charge in [0.1, 0.15) is 0 Å². The average Bonchev–Trinajstić information content (AvgIpc) is 3.34. The van der Waals surface area contributed by atoms with E-state index in [-0.39, 0.29) is 5.97 Å². The van der Waals surface area contributed by atoms with Crippen LogP contribution < -0.4 is 27.8 Å². The Morgan fingerprint density at radius 1 is 0.818 bits per heavy atom. The number of benzene rings is 3. The van der Waals surface area contributed by atoms with E-state index in [2.05, 4.69) is 17.0 Å². The first kappa shape index (κ1) is 25.4. The van der Waals surface area contributed by atoms with Crippen LogP contribution >= 0.6 is 0 Å². The molecule has 7 nitrogen and oxygen atoms in total. The standard InChI is InChI=1S/C10H14N2.C9H11NO2.C7H10N2/c11-9-3-5-10(6-4-9)12-7-1-2-8-12;1-2-12-9(11)7-3-5-8(10)6-4-7;1-5-4-6(8)2-3-7(5)9/h3-6H,1-2,7-8,11H2;3-6H,2,10H2,1H3;2-4H,8-9H2,1H3. The molecule has 1 saturated heterocycles. The third-order valence-electron chi connectivity index (χ3n) is 5.08. The van der Waals surface area contributed by atoms with Crippen LogP contribution in [0.5, 0.6) is 0 Å². The lowest BCUT2D eigenvalue weighted by Crippen LogP contribution is -2.17. The molecule has 8 N–H and O–H groups in total. The molecule has 0 unspecified atom stereocenters. The van der Waals surface area contributed by atoms with Crippen molar-refractivity contribution in [1.29, 1.82) is 0 Å². The van der Waals surface area contributed by atoms with Crippen molar-refractivity contribution in [3.8, 4) is 0 Å². The van der Waals surface area contributed by atoms with Crippen LogP contribution in [-0.2, 0) is 4.74 Å². The van der Waals surface area contributed by atoms with Crippen molar-refractivity contribution in [1.82, 2.24) is 0 Å². The number of ether oxygens (including phenoxy) is 1. The zero-order valence-electron chi connectivity index (χ0n) is 19.5. The highest BCUT2D eigenvalue weighted by Gasteiger charge is 2.11. The number of carbonyl (C=O) groups is 1. The van der Waals surface area contributed by atoms with Gasteiger partial charge in [-0.2, -0.15) is 0 Å². The first-order chi connectivity index (χ1) is 15.8. The maximum atomic E-state index is 11.1. The number of nitrogens with zero attached hydrogens (tertiary/aromatic N) is 1. The van der Waals surface area contributed by atoms with Crippen LogP contribution in [0.15, 0.2) is 66.7 Å². The molecule has 4 rings (SSSR count). The zero-order valence-corrected chi connectivity index (χ0v) is 19.5. The summed E-state index contributed by atoms with van der Waals surface area (Å²) < 4.78 is 4.79. The van der Waals surface area contributed by atoms with E-state index < -0.39 is 0 Å². The number of anilines is 5. The molecule has 0 aromatic heterocycles. The molecule has 0 amide bonds. The van der Waals surface area contributed by atoms with E-state index in [4.69, 9.17) is 27.7 Å². The van der Waals surface area contributed by atoms with Gasteiger partial charge in [-0.1, -0.05) is 0 Å². The number of rotatable bonds is 3. The fraction of sp³-hybridized carbons (Fsp3) is 0.269. The molecule has 176 valence electrons. The summed E-state index contributed by atoms with van der Waals surface area (Å²) in [7, 11) is 0. The number of aryl methyl sites for hydroxylation is 1. The average molecular weight is 450 g/mol. The first-order valence-electron chi connectivity index (χ1n) is 11.0. The van der Waals surface area contributed by atoms with Gasteiger partial charge in [0.15, 0.2) is 0 Å². The highest BCUT2D eigenvalue weighted by Crippen LogP contribution is 2.20. The Balaban J connectivity index is 0.000000177. The Morgan fingerprint density at radius 3 is 1.82 bits per heavy atom. The fourth-order valence-electron chi connectivity index (χ4n) is 3.19. The summed E-state index contributed by atoms with van der Waals surface area (Å²) >= 11 is 0. The quantitative estimate of drug-likeness (QED) is 0.342. The summed E-state index contributed by atoms with van der Waals surface area (Å²) in [5.74, 6) is -0.308. The highest BCUT2D eigenvalue weighted by molar-refractivity contribution is 5.89. The maximum absolute atomic E-state index is 11.1. The van der Waals surface area contributed by atoms with Crippen molar-refractivity contribution in [2.45, 2.75) is 26.7 Å². The van der Waals surface area contributed by atoms with Gasteiger partial charge < -0.3 is 32.6 Å². The van der Waals surface area contributed by atoms with Gasteiger partial charge in [0.25, 0.3) is 0 Å². The van der Waals surface area contributed by atoms with Gasteiger partial charge in [-0.15, -0.1) is 0 Å². The minimum Gasteiger partial charge on any atom is -0.462 e. The Bertz CT molecular complexity index is 998. The van der Waals surface area contributed by atoms with Crippen LogP contribution in [0.25, 0.3) is 0 Å². The Kier molecular flexibility index (Phi) is 9.89. The second-order valence-corrected chi connectivity index (χ2v) is 7.74. The Hall–Kier alpha value is -3.87. The van der Waals surface area contributed by atoms with Gasteiger partial charge in [-0.25, -0.2) is 4.79 Å². The molecule has 0 atom stereocenters. The molecule has 1 aliphatic rings. The summed E-state index contributed by atoms with van der Waals surface area (Å²) in [6.07, 6.45) is 2.65. The monoisotopic (exact) mass is 449 g/mol. The number of nitrogens with two attached hydrogens (primary N) is 4. The second kappa shape index (κ2) is 12.9.